The van der Waals surface area contributed by atoms with Crippen LogP contribution in [0.3, 0.4) is 0 Å². The maximum atomic E-state index is 12.9. The molecule has 0 bridgehead atoms. The van der Waals surface area contributed by atoms with Gasteiger partial charge < -0.3 is 5.73 Å². The van der Waals surface area contributed by atoms with E-state index in [9.17, 15) is 4.39 Å². The van der Waals surface area contributed by atoms with Crippen LogP contribution in [0, 0.1) is 17.7 Å². The number of nitrogen functional groups attached to an aromatic ring is 1. The highest BCUT2D eigenvalue weighted by molar-refractivity contribution is 5.56. The third-order valence-corrected chi connectivity index (χ3v) is 1.68. The minimum Gasteiger partial charge on any atom is -0.395 e. The predicted octanol–water partition coefficient (Wildman–Crippen LogP) is 2.46. The van der Waals surface area contributed by atoms with Gasteiger partial charge in [0.1, 0.15) is 5.82 Å². The molecule has 0 atom stereocenters. The van der Waals surface area contributed by atoms with Crippen molar-refractivity contribution in [2.45, 2.75) is 6.42 Å². The molecule has 0 aliphatic carbocycles. The van der Waals surface area contributed by atoms with Crippen LogP contribution in [0.25, 0.3) is 10.4 Å². The van der Waals surface area contributed by atoms with Crippen molar-refractivity contribution in [2.24, 2.45) is 5.11 Å². The molecular weight excluding hydrogens is 195 g/mol. The minimum atomic E-state index is -0.475. The Labute approximate surface area is 86.5 Å². The van der Waals surface area contributed by atoms with Gasteiger partial charge in [0.05, 0.1) is 11.3 Å². The van der Waals surface area contributed by atoms with Crippen LogP contribution in [0.1, 0.15) is 12.0 Å². The van der Waals surface area contributed by atoms with Gasteiger partial charge >= 0.3 is 0 Å². The van der Waals surface area contributed by atoms with Crippen molar-refractivity contribution in [3.63, 3.8) is 0 Å². The summed E-state index contributed by atoms with van der Waals surface area (Å²) < 4.78 is 12.9. The van der Waals surface area contributed by atoms with Crippen molar-refractivity contribution < 1.29 is 4.39 Å². The largest absolute Gasteiger partial charge is 0.395 e. The Kier molecular flexibility index (Phi) is 4.02. The van der Waals surface area contributed by atoms with E-state index in [1.807, 2.05) is 0 Å². The highest BCUT2D eigenvalue weighted by Crippen LogP contribution is 2.14. The van der Waals surface area contributed by atoms with Gasteiger partial charge in [0.15, 0.2) is 0 Å². The van der Waals surface area contributed by atoms with Crippen molar-refractivity contribution in [1.29, 1.82) is 0 Å². The second-order valence-corrected chi connectivity index (χ2v) is 2.71. The highest BCUT2D eigenvalue weighted by atomic mass is 19.1. The fraction of sp³-hybridized carbons (Fsp3) is 0.200. The number of rotatable bonds is 2. The Bertz CT molecular complexity index is 452. The van der Waals surface area contributed by atoms with E-state index in [4.69, 9.17) is 11.3 Å². The lowest BCUT2D eigenvalue weighted by molar-refractivity contribution is 0.632. The van der Waals surface area contributed by atoms with Gasteiger partial charge in [-0.05, 0) is 17.7 Å². The molecule has 0 fully saturated rings. The molecule has 76 valence electrons. The molecule has 0 saturated heterocycles. The molecule has 4 nitrogen and oxygen atoms in total. The molecule has 1 aromatic rings. The number of halogens is 1. The lowest BCUT2D eigenvalue weighted by Gasteiger charge is -1.97. The maximum absolute atomic E-state index is 12.9. The number of anilines is 1. The molecular formula is C10H9FN4. The Morgan fingerprint density at radius 1 is 1.53 bits per heavy atom. The Morgan fingerprint density at radius 3 is 3.07 bits per heavy atom. The molecule has 0 unspecified atom stereocenters. The molecule has 0 spiro atoms. The fourth-order valence-electron chi connectivity index (χ4n) is 0.954. The van der Waals surface area contributed by atoms with Crippen LogP contribution in [0.4, 0.5) is 10.1 Å². The monoisotopic (exact) mass is 204 g/mol. The van der Waals surface area contributed by atoms with Crippen LogP contribution in [0.5, 0.6) is 0 Å². The van der Waals surface area contributed by atoms with Crippen molar-refractivity contribution in [3.05, 3.63) is 40.0 Å². The van der Waals surface area contributed by atoms with E-state index in [1.54, 1.807) is 12.1 Å². The van der Waals surface area contributed by atoms with Gasteiger partial charge in [-0.2, -0.15) is 0 Å². The maximum Gasteiger partial charge on any atom is 0.147 e. The van der Waals surface area contributed by atoms with Crippen molar-refractivity contribution >= 4 is 5.69 Å². The van der Waals surface area contributed by atoms with E-state index in [0.29, 0.717) is 18.5 Å². The zero-order valence-corrected chi connectivity index (χ0v) is 7.94. The summed E-state index contributed by atoms with van der Waals surface area (Å²) in [5.41, 5.74) is 14.0. The summed E-state index contributed by atoms with van der Waals surface area (Å²) in [4.78, 5) is 2.58. The van der Waals surface area contributed by atoms with E-state index < -0.39 is 5.82 Å². The van der Waals surface area contributed by atoms with Crippen LogP contribution in [0.2, 0.25) is 0 Å². The fourth-order valence-corrected chi connectivity index (χ4v) is 0.954. The number of hydrogen-bond donors (Lipinski definition) is 1. The smallest absolute Gasteiger partial charge is 0.147 e. The predicted molar refractivity (Wildman–Crippen MR) is 56.3 cm³/mol. The van der Waals surface area contributed by atoms with Crippen LogP contribution in [-0.2, 0) is 0 Å². The Balaban J connectivity index is 2.71. The van der Waals surface area contributed by atoms with Gasteiger partial charge in [-0.25, -0.2) is 4.39 Å². The molecule has 15 heavy (non-hydrogen) atoms. The van der Waals surface area contributed by atoms with Crippen LogP contribution in [0.15, 0.2) is 23.3 Å². The standard InChI is InChI=1S/C10H9FN4/c11-9-6-3-5-8(10(9)12)4-1-2-7-14-15-13/h3,5-6H,2,7,12H2. The van der Waals surface area contributed by atoms with Crippen molar-refractivity contribution in [2.75, 3.05) is 12.3 Å². The van der Waals surface area contributed by atoms with Crippen molar-refractivity contribution in [1.82, 2.24) is 0 Å². The average Bonchev–Trinajstić information content (AvgIpc) is 2.24. The summed E-state index contributed by atoms with van der Waals surface area (Å²) in [6.07, 6.45) is 0.431. The van der Waals surface area contributed by atoms with Gasteiger partial charge in [-0.1, -0.05) is 23.0 Å². The van der Waals surface area contributed by atoms with Gasteiger partial charge in [0, 0.05) is 17.9 Å². The summed E-state index contributed by atoms with van der Waals surface area (Å²) in [5, 5.41) is 3.32. The number of nitrogens with zero attached hydrogens (tertiary/aromatic N) is 3. The SMILES string of the molecule is [N-]=[N+]=NCCC#Cc1cccc(F)c1N. The molecule has 0 aliphatic rings. The Morgan fingerprint density at radius 2 is 2.33 bits per heavy atom. The zero-order chi connectivity index (χ0) is 11.1. The number of hydrogen-bond acceptors (Lipinski definition) is 2. The van der Waals surface area contributed by atoms with Crippen LogP contribution < -0.4 is 5.73 Å². The summed E-state index contributed by atoms with van der Waals surface area (Å²) in [6, 6.07) is 4.46. The summed E-state index contributed by atoms with van der Waals surface area (Å²) in [7, 11) is 0. The quantitative estimate of drug-likeness (QED) is 0.197. The lowest BCUT2D eigenvalue weighted by atomic mass is 10.2. The van der Waals surface area contributed by atoms with Gasteiger partial charge in [0.25, 0.3) is 0 Å². The molecule has 1 rings (SSSR count). The van der Waals surface area contributed by atoms with E-state index in [-0.39, 0.29) is 5.69 Å². The van der Waals surface area contributed by atoms with Gasteiger partial charge in [0.2, 0.25) is 0 Å². The van der Waals surface area contributed by atoms with Gasteiger partial charge in [-0.3, -0.25) is 0 Å². The molecule has 0 aliphatic heterocycles. The summed E-state index contributed by atoms with van der Waals surface area (Å²) in [5.74, 6) is 4.98. The minimum absolute atomic E-state index is 0.0498. The normalized spacial score (nSPS) is 8.60. The van der Waals surface area contributed by atoms with E-state index in [0.717, 1.165) is 0 Å². The molecule has 0 aromatic heterocycles. The molecule has 0 radical (unpaired) electrons. The molecule has 0 heterocycles. The number of nitrogens with two attached hydrogens (primary N) is 1. The molecule has 0 amide bonds. The first-order valence-electron chi connectivity index (χ1n) is 4.29. The topological polar surface area (TPSA) is 74.8 Å². The van der Waals surface area contributed by atoms with Crippen molar-refractivity contribution in [3.8, 4) is 11.8 Å². The second kappa shape index (κ2) is 5.53. The summed E-state index contributed by atoms with van der Waals surface area (Å²) >= 11 is 0. The van der Waals surface area contributed by atoms with E-state index in [2.05, 4.69) is 21.9 Å². The van der Waals surface area contributed by atoms with Gasteiger partial charge in [-0.15, -0.1) is 0 Å². The van der Waals surface area contributed by atoms with Crippen LogP contribution >= 0.6 is 0 Å². The average molecular weight is 204 g/mol. The first kappa shape index (κ1) is 10.9. The third-order valence-electron chi connectivity index (χ3n) is 1.68. The first-order chi connectivity index (χ1) is 7.25. The Hall–Kier alpha value is -2.18. The number of benzene rings is 1. The lowest BCUT2D eigenvalue weighted by Crippen LogP contribution is -1.93. The molecule has 0 saturated carbocycles. The molecule has 1 aromatic carbocycles. The molecule has 5 heteroatoms. The summed E-state index contributed by atoms with van der Waals surface area (Å²) in [6.45, 7) is 0.304. The van der Waals surface area contributed by atoms with E-state index in [1.165, 1.54) is 6.07 Å². The number of azide groups is 1. The third kappa shape index (κ3) is 3.22. The highest BCUT2D eigenvalue weighted by Gasteiger charge is 2.00. The van der Waals surface area contributed by atoms with E-state index >= 15 is 0 Å². The first-order valence-corrected chi connectivity index (χ1v) is 4.29. The molecule has 2 N–H and O–H groups in total. The van der Waals surface area contributed by atoms with Crippen LogP contribution in [-0.4, -0.2) is 6.54 Å². The zero-order valence-electron chi connectivity index (χ0n) is 7.94. The second-order valence-electron chi connectivity index (χ2n) is 2.71. The number of para-hydroxylation sites is 1.